The minimum Gasteiger partial charge on any atom is -0.247 e. The van der Waals surface area contributed by atoms with Crippen molar-refractivity contribution in [2.24, 2.45) is 0 Å². The summed E-state index contributed by atoms with van der Waals surface area (Å²) in [6.07, 6.45) is -4.82. The van der Waals surface area contributed by atoms with E-state index in [0.717, 1.165) is 6.07 Å². The third-order valence-corrected chi connectivity index (χ3v) is 2.67. The van der Waals surface area contributed by atoms with E-state index in [1.807, 2.05) is 0 Å². The van der Waals surface area contributed by atoms with Gasteiger partial charge in [0.2, 0.25) is 0 Å². The molecule has 2 aromatic rings. The molecule has 0 spiro atoms. The van der Waals surface area contributed by atoms with E-state index in [1.165, 1.54) is 30.3 Å². The number of hydrogen-bond acceptors (Lipinski definition) is 2. The van der Waals surface area contributed by atoms with E-state index in [1.54, 1.807) is 6.07 Å². The van der Waals surface area contributed by atoms with Gasteiger partial charge in [-0.15, -0.1) is 0 Å². The summed E-state index contributed by atoms with van der Waals surface area (Å²) < 4.78 is 50.7. The number of rotatable bonds is 2. The molecule has 0 amide bonds. The average Bonchev–Trinajstić information content (AvgIpc) is 2.39. The lowest BCUT2D eigenvalue weighted by Gasteiger charge is -2.11. The van der Waals surface area contributed by atoms with E-state index in [0.29, 0.717) is 11.1 Å². The van der Waals surface area contributed by atoms with Gasteiger partial charge in [-0.1, -0.05) is 18.2 Å². The predicted molar refractivity (Wildman–Crippen MR) is 64.0 cm³/mol. The van der Waals surface area contributed by atoms with Gasteiger partial charge in [0.15, 0.2) is 0 Å². The van der Waals surface area contributed by atoms with Crippen LogP contribution in [0.1, 0.15) is 11.4 Å². The molecule has 0 saturated carbocycles. The van der Waals surface area contributed by atoms with E-state index in [4.69, 9.17) is 5.26 Å². The Morgan fingerprint density at radius 3 is 2.25 bits per heavy atom. The molecule has 0 atom stereocenters. The highest BCUT2D eigenvalue weighted by Crippen LogP contribution is 2.31. The van der Waals surface area contributed by atoms with Crippen LogP contribution in [0.4, 0.5) is 17.6 Å². The highest BCUT2D eigenvalue weighted by atomic mass is 19.4. The third kappa shape index (κ3) is 2.94. The molecule has 1 aromatic carbocycles. The molecule has 1 aromatic heterocycles. The van der Waals surface area contributed by atoms with Crippen LogP contribution >= 0.6 is 0 Å². The van der Waals surface area contributed by atoms with Crippen molar-refractivity contribution in [3.8, 4) is 17.2 Å². The maximum Gasteiger partial charge on any atom is 0.433 e. The molecule has 0 unspecified atom stereocenters. The molecule has 2 rings (SSSR count). The van der Waals surface area contributed by atoms with Gasteiger partial charge in [0.1, 0.15) is 11.5 Å². The van der Waals surface area contributed by atoms with Crippen molar-refractivity contribution in [1.29, 1.82) is 5.26 Å². The Hall–Kier alpha value is -2.42. The molecule has 0 aliphatic rings. The molecule has 0 saturated heterocycles. The van der Waals surface area contributed by atoms with Gasteiger partial charge in [0.05, 0.1) is 18.2 Å². The monoisotopic (exact) mass is 280 g/mol. The van der Waals surface area contributed by atoms with Crippen LogP contribution in [0.25, 0.3) is 11.1 Å². The van der Waals surface area contributed by atoms with Crippen LogP contribution in [0.3, 0.4) is 0 Å². The maximum atomic E-state index is 12.9. The first-order chi connectivity index (χ1) is 9.41. The van der Waals surface area contributed by atoms with Crippen molar-refractivity contribution in [3.05, 3.63) is 53.6 Å². The van der Waals surface area contributed by atoms with Crippen LogP contribution in [0.15, 0.2) is 36.4 Å². The maximum absolute atomic E-state index is 12.9. The number of nitriles is 1. The van der Waals surface area contributed by atoms with Crippen LogP contribution in [-0.4, -0.2) is 4.98 Å². The second-order valence-corrected chi connectivity index (χ2v) is 4.03. The Labute approximate surface area is 112 Å². The lowest BCUT2D eigenvalue weighted by molar-refractivity contribution is -0.141. The molecule has 0 radical (unpaired) electrons. The summed E-state index contributed by atoms with van der Waals surface area (Å²) in [5, 5.41) is 8.70. The summed E-state index contributed by atoms with van der Waals surface area (Å²) in [6, 6.07) is 9.13. The number of hydrogen-bond donors (Lipinski definition) is 0. The molecule has 1 heterocycles. The number of pyridine rings is 1. The van der Waals surface area contributed by atoms with Gasteiger partial charge in [-0.25, -0.2) is 9.37 Å². The zero-order valence-corrected chi connectivity index (χ0v) is 10.1. The molecule has 20 heavy (non-hydrogen) atoms. The lowest BCUT2D eigenvalue weighted by atomic mass is 10.0. The second kappa shape index (κ2) is 5.29. The van der Waals surface area contributed by atoms with Crippen molar-refractivity contribution < 1.29 is 17.6 Å². The summed E-state index contributed by atoms with van der Waals surface area (Å²) in [5.41, 5.74) is -0.125. The molecule has 0 fully saturated rings. The zero-order valence-electron chi connectivity index (χ0n) is 10.1. The van der Waals surface area contributed by atoms with Crippen molar-refractivity contribution in [3.63, 3.8) is 0 Å². The Bertz CT molecular complexity index is 654. The zero-order chi connectivity index (χ0) is 14.8. The molecule has 0 bridgehead atoms. The summed E-state index contributed by atoms with van der Waals surface area (Å²) in [5.74, 6) is -0.449. The molecular formula is C14H8F4N2. The average molecular weight is 280 g/mol. The molecule has 6 heteroatoms. The van der Waals surface area contributed by atoms with E-state index >= 15 is 0 Å². The van der Waals surface area contributed by atoms with Gasteiger partial charge in [-0.3, -0.25) is 0 Å². The summed E-state index contributed by atoms with van der Waals surface area (Å²) in [4.78, 5) is 3.49. The van der Waals surface area contributed by atoms with Gasteiger partial charge >= 0.3 is 6.18 Å². The summed E-state index contributed by atoms with van der Waals surface area (Å²) in [7, 11) is 0. The van der Waals surface area contributed by atoms with Crippen molar-refractivity contribution in [2.45, 2.75) is 12.6 Å². The first kappa shape index (κ1) is 14.0. The molecule has 0 N–H and O–H groups in total. The van der Waals surface area contributed by atoms with Crippen LogP contribution in [0.2, 0.25) is 0 Å². The number of aromatic nitrogens is 1. The van der Waals surface area contributed by atoms with Crippen molar-refractivity contribution in [2.75, 3.05) is 0 Å². The van der Waals surface area contributed by atoms with Gasteiger partial charge in [0.25, 0.3) is 0 Å². The first-order valence-corrected chi connectivity index (χ1v) is 5.62. The molecule has 2 nitrogen and oxygen atoms in total. The highest BCUT2D eigenvalue weighted by molar-refractivity contribution is 5.66. The van der Waals surface area contributed by atoms with Crippen LogP contribution in [-0.2, 0) is 12.6 Å². The van der Waals surface area contributed by atoms with Gasteiger partial charge in [-0.05, 0) is 23.8 Å². The third-order valence-electron chi connectivity index (χ3n) is 2.67. The minimum absolute atomic E-state index is 0.0222. The van der Waals surface area contributed by atoms with Crippen molar-refractivity contribution >= 4 is 0 Å². The minimum atomic E-state index is -4.56. The Morgan fingerprint density at radius 1 is 1.05 bits per heavy atom. The Kier molecular flexibility index (Phi) is 3.70. The fourth-order valence-corrected chi connectivity index (χ4v) is 1.76. The highest BCUT2D eigenvalue weighted by Gasteiger charge is 2.33. The summed E-state index contributed by atoms with van der Waals surface area (Å²) >= 11 is 0. The van der Waals surface area contributed by atoms with E-state index < -0.39 is 17.7 Å². The van der Waals surface area contributed by atoms with E-state index in [9.17, 15) is 17.6 Å². The summed E-state index contributed by atoms with van der Waals surface area (Å²) in [6.45, 7) is 0. The molecule has 0 aliphatic heterocycles. The van der Waals surface area contributed by atoms with Crippen LogP contribution in [0, 0.1) is 17.1 Å². The fraction of sp³-hybridized carbons (Fsp3) is 0.143. The number of benzene rings is 1. The van der Waals surface area contributed by atoms with E-state index in [2.05, 4.69) is 4.98 Å². The smallest absolute Gasteiger partial charge is 0.247 e. The molecule has 102 valence electrons. The normalized spacial score (nSPS) is 11.2. The van der Waals surface area contributed by atoms with E-state index in [-0.39, 0.29) is 12.1 Å². The SMILES string of the molecule is N#CCc1nc(C(F)(F)F)ccc1-c1ccc(F)cc1. The first-order valence-electron chi connectivity index (χ1n) is 5.62. The van der Waals surface area contributed by atoms with Crippen LogP contribution in [0.5, 0.6) is 0 Å². The lowest BCUT2D eigenvalue weighted by Crippen LogP contribution is -2.10. The fourth-order valence-electron chi connectivity index (χ4n) is 1.76. The number of halogens is 4. The van der Waals surface area contributed by atoms with Gasteiger partial charge < -0.3 is 0 Å². The topological polar surface area (TPSA) is 36.7 Å². The molecule has 0 aliphatic carbocycles. The number of alkyl halides is 3. The predicted octanol–water partition coefficient (Wildman–Crippen LogP) is 3.97. The second-order valence-electron chi connectivity index (χ2n) is 4.03. The quantitative estimate of drug-likeness (QED) is 0.780. The Balaban J connectivity index is 2.53. The van der Waals surface area contributed by atoms with Gasteiger partial charge in [-0.2, -0.15) is 18.4 Å². The molecular weight excluding hydrogens is 272 g/mol. The number of nitrogens with zero attached hydrogens (tertiary/aromatic N) is 2. The Morgan fingerprint density at radius 2 is 1.70 bits per heavy atom. The van der Waals surface area contributed by atoms with Crippen LogP contribution < -0.4 is 0 Å². The van der Waals surface area contributed by atoms with Crippen molar-refractivity contribution in [1.82, 2.24) is 4.98 Å². The standard InChI is InChI=1S/C14H8F4N2/c15-10-3-1-9(2-4-10)11-5-6-13(14(16,17)18)20-12(11)7-8-19/h1-6H,7H2. The largest absolute Gasteiger partial charge is 0.433 e. The van der Waals surface area contributed by atoms with Gasteiger partial charge in [0, 0.05) is 5.56 Å².